The van der Waals surface area contributed by atoms with Crippen LogP contribution >= 0.6 is 0 Å². The summed E-state index contributed by atoms with van der Waals surface area (Å²) in [7, 11) is 0. The summed E-state index contributed by atoms with van der Waals surface area (Å²) in [6, 6.07) is 44.6. The molecule has 2 amide bonds. The second-order valence-corrected chi connectivity index (χ2v) is 16.8. The second-order valence-electron chi connectivity index (χ2n) is 16.8. The van der Waals surface area contributed by atoms with E-state index in [1.54, 1.807) is 60.7 Å². The van der Waals surface area contributed by atoms with Gasteiger partial charge < -0.3 is 29.9 Å². The average Bonchev–Trinajstić information content (AvgIpc) is 3.73. The van der Waals surface area contributed by atoms with Gasteiger partial charge in [0.2, 0.25) is 0 Å². The number of hydrogen-bond acceptors (Lipinski definition) is 12. The summed E-state index contributed by atoms with van der Waals surface area (Å²) in [6.07, 6.45) is 3.04. The molecular formula is C54H32N6O8. The van der Waals surface area contributed by atoms with Crippen molar-refractivity contribution < 1.29 is 39.5 Å². The van der Waals surface area contributed by atoms with Crippen LogP contribution in [-0.2, 0) is 11.1 Å². The number of rotatable bonds is 4. The van der Waals surface area contributed by atoms with Crippen molar-refractivity contribution in [2.45, 2.75) is 11.1 Å². The lowest BCUT2D eigenvalue weighted by atomic mass is 9.75. The van der Waals surface area contributed by atoms with E-state index in [-0.39, 0.29) is 34.8 Å². The van der Waals surface area contributed by atoms with Crippen molar-refractivity contribution in [1.82, 2.24) is 20.0 Å². The van der Waals surface area contributed by atoms with Gasteiger partial charge in [0.1, 0.15) is 57.1 Å². The quantitative estimate of drug-likeness (QED) is 0.0978. The van der Waals surface area contributed by atoms with Crippen LogP contribution in [0.3, 0.4) is 0 Å². The number of nitrogens with zero attached hydrogens (tertiary/aromatic N) is 6. The number of hydrogen-bond donors (Lipinski definition) is 4. The fraction of sp³-hybridized carbons (Fsp3) is 0.0370. The van der Waals surface area contributed by atoms with Gasteiger partial charge in [-0.2, -0.15) is 10.2 Å². The molecule has 6 heterocycles. The highest BCUT2D eigenvalue weighted by molar-refractivity contribution is 6.06. The van der Waals surface area contributed by atoms with E-state index in [9.17, 15) is 30.0 Å². The first kappa shape index (κ1) is 38.9. The van der Waals surface area contributed by atoms with Gasteiger partial charge in [0, 0.05) is 79.5 Å². The Morgan fingerprint density at radius 3 is 1.13 bits per heavy atom. The molecule has 7 aromatic carbocycles. The fourth-order valence-corrected chi connectivity index (χ4v) is 10.3. The largest absolute Gasteiger partial charge is 0.508 e. The normalized spacial score (nSPS) is 15.6. The maximum atomic E-state index is 14.5. The van der Waals surface area contributed by atoms with Gasteiger partial charge in [-0.1, -0.05) is 60.7 Å². The molecule has 4 aliphatic heterocycles. The van der Waals surface area contributed by atoms with E-state index in [1.165, 1.54) is 71.0 Å². The average molecular weight is 893 g/mol. The number of hydrazone groups is 2. The number of amides is 2. The van der Waals surface area contributed by atoms with Gasteiger partial charge in [0.15, 0.2) is 0 Å². The van der Waals surface area contributed by atoms with E-state index in [0.29, 0.717) is 89.9 Å². The number of benzene rings is 7. The number of carbonyl (C=O) groups excluding carboxylic acids is 2. The minimum Gasteiger partial charge on any atom is -0.508 e. The van der Waals surface area contributed by atoms with Crippen LogP contribution in [0.4, 0.5) is 0 Å². The van der Waals surface area contributed by atoms with Crippen molar-refractivity contribution >= 4 is 46.0 Å². The summed E-state index contributed by atoms with van der Waals surface area (Å²) < 4.78 is 12.5. The lowest BCUT2D eigenvalue weighted by molar-refractivity contribution is 0.0667. The van der Waals surface area contributed by atoms with Crippen LogP contribution in [0.15, 0.2) is 168 Å². The third-order valence-electron chi connectivity index (χ3n) is 13.1. The van der Waals surface area contributed by atoms with Crippen LogP contribution in [0.1, 0.15) is 65.5 Å². The Kier molecular flexibility index (Phi) is 7.98. The zero-order chi connectivity index (χ0) is 46.1. The predicted octanol–water partition coefficient (Wildman–Crippen LogP) is 9.38. The van der Waals surface area contributed by atoms with Crippen LogP contribution in [-0.4, -0.2) is 64.7 Å². The predicted molar refractivity (Wildman–Crippen MR) is 250 cm³/mol. The molecule has 13 rings (SSSR count). The molecule has 9 aromatic rings. The summed E-state index contributed by atoms with van der Waals surface area (Å²) >= 11 is 0. The van der Waals surface area contributed by atoms with Crippen molar-refractivity contribution in [1.29, 1.82) is 0 Å². The highest BCUT2D eigenvalue weighted by atomic mass is 16.5. The molecule has 14 nitrogen and oxygen atoms in total. The molecule has 2 aromatic heterocycles. The molecule has 4 N–H and O–H groups in total. The molecule has 14 heteroatoms. The van der Waals surface area contributed by atoms with E-state index in [0.717, 1.165) is 10.8 Å². The highest BCUT2D eigenvalue weighted by Crippen LogP contribution is 2.60. The zero-order valence-corrected chi connectivity index (χ0v) is 35.3. The highest BCUT2D eigenvalue weighted by Gasteiger charge is 2.58. The van der Waals surface area contributed by atoms with Crippen molar-refractivity contribution in [3.8, 4) is 46.0 Å². The number of carbonyl (C=O) groups is 2. The van der Waals surface area contributed by atoms with Crippen LogP contribution < -0.4 is 9.47 Å². The summed E-state index contributed by atoms with van der Waals surface area (Å²) in [6.45, 7) is 0. The Hall–Kier alpha value is -9.56. The molecule has 2 spiro atoms. The van der Waals surface area contributed by atoms with Crippen molar-refractivity contribution in [3.63, 3.8) is 0 Å². The minimum absolute atomic E-state index is 0.0375. The molecule has 68 heavy (non-hydrogen) atoms. The van der Waals surface area contributed by atoms with Gasteiger partial charge in [-0.05, 0) is 72.8 Å². The van der Waals surface area contributed by atoms with E-state index >= 15 is 0 Å². The van der Waals surface area contributed by atoms with Crippen LogP contribution in [0.5, 0.6) is 46.0 Å². The number of ether oxygens (including phenoxy) is 2. The van der Waals surface area contributed by atoms with Gasteiger partial charge in [0.25, 0.3) is 11.8 Å². The summed E-state index contributed by atoms with van der Waals surface area (Å²) in [5.41, 5.74) is 3.65. The first-order valence-corrected chi connectivity index (χ1v) is 21.5. The zero-order valence-electron chi connectivity index (χ0n) is 35.3. The number of aromatic nitrogens is 2. The molecule has 0 radical (unpaired) electrons. The molecule has 0 fully saturated rings. The standard InChI is InChI=1S/C54H32N6O8/c61-33-15-19-41-45(23-33)67-46-24-34(62)16-20-42(46)53(41)39-7-3-1-5-37(39)51(65)59(53)55-27-31-13-11-29-9-10-30-12-14-32(58-50(30)49(29)57-31)28-56-60-52(66)38-6-2-4-8-40(38)54(60)43-21-17-35(63)25-47(43)68-48-26-36(64)18-22-44(48)54/h1-28,61-64H/b55-27+,56-28+. The lowest BCUT2D eigenvalue weighted by Gasteiger charge is -2.41. The molecule has 0 saturated heterocycles. The van der Waals surface area contributed by atoms with Gasteiger partial charge in [0.05, 0.1) is 34.9 Å². The Balaban J connectivity index is 0.922. The van der Waals surface area contributed by atoms with E-state index < -0.39 is 11.1 Å². The number of phenols is 4. The SMILES string of the molecule is O=C1c2ccccc2C2(c3ccc(O)cc3Oc3cc(O)ccc32)N1/N=C/c1ccc2ccc3ccc(/C=N/N4C(=O)c5ccccc5C45c4ccc(O)cc4Oc4cc(O)ccc45)nc3c2n1. The number of pyridine rings is 2. The van der Waals surface area contributed by atoms with Crippen LogP contribution in [0, 0.1) is 0 Å². The first-order chi connectivity index (χ1) is 33.1. The monoisotopic (exact) mass is 892 g/mol. The van der Waals surface area contributed by atoms with E-state index in [1.807, 2.05) is 48.5 Å². The fourth-order valence-electron chi connectivity index (χ4n) is 10.3. The third kappa shape index (κ3) is 5.27. The van der Waals surface area contributed by atoms with Gasteiger partial charge in [-0.25, -0.2) is 20.0 Å². The number of fused-ring (bicyclic) bond motifs is 15. The Morgan fingerprint density at radius 1 is 0.426 bits per heavy atom. The third-order valence-corrected chi connectivity index (χ3v) is 13.1. The molecular weight excluding hydrogens is 861 g/mol. The lowest BCUT2D eigenvalue weighted by Crippen LogP contribution is -2.44. The van der Waals surface area contributed by atoms with E-state index in [2.05, 4.69) is 0 Å². The van der Waals surface area contributed by atoms with Crippen molar-refractivity contribution in [3.05, 3.63) is 214 Å². The number of phenolic OH excluding ortho intramolecular Hbond substituents is 4. The van der Waals surface area contributed by atoms with Crippen LogP contribution in [0.25, 0.3) is 21.8 Å². The molecule has 0 aliphatic carbocycles. The van der Waals surface area contributed by atoms with Gasteiger partial charge in [-0.3, -0.25) is 9.59 Å². The molecule has 0 unspecified atom stereocenters. The molecule has 4 aliphatic rings. The topological polar surface area (TPSA) is 190 Å². The van der Waals surface area contributed by atoms with Gasteiger partial charge >= 0.3 is 0 Å². The first-order valence-electron chi connectivity index (χ1n) is 21.5. The maximum absolute atomic E-state index is 14.5. The Labute approximate surface area is 385 Å². The van der Waals surface area contributed by atoms with Gasteiger partial charge in [-0.15, -0.1) is 0 Å². The van der Waals surface area contributed by atoms with E-state index in [4.69, 9.17) is 29.6 Å². The Morgan fingerprint density at radius 2 is 0.765 bits per heavy atom. The van der Waals surface area contributed by atoms with Crippen LogP contribution in [0.2, 0.25) is 0 Å². The minimum atomic E-state index is -1.34. The molecule has 0 bridgehead atoms. The number of aromatic hydroxyl groups is 4. The second kappa shape index (κ2) is 14.0. The molecule has 0 atom stereocenters. The van der Waals surface area contributed by atoms with Crippen molar-refractivity contribution in [2.75, 3.05) is 0 Å². The smallest absolute Gasteiger partial charge is 0.275 e. The Bertz CT molecular complexity index is 3450. The molecule has 0 saturated carbocycles. The summed E-state index contributed by atoms with van der Waals surface area (Å²) in [5.74, 6) is 0.284. The maximum Gasteiger partial charge on any atom is 0.275 e. The summed E-state index contributed by atoms with van der Waals surface area (Å²) in [5, 5.41) is 56.3. The van der Waals surface area contributed by atoms with Crippen molar-refractivity contribution in [2.24, 2.45) is 10.2 Å². The molecule has 326 valence electrons. The summed E-state index contributed by atoms with van der Waals surface area (Å²) in [4.78, 5) is 39.1.